The molecular formula is C17H27N2O3+. The zero-order valence-corrected chi connectivity index (χ0v) is 13.8. The van der Waals surface area contributed by atoms with E-state index in [-0.39, 0.29) is 5.91 Å². The van der Waals surface area contributed by atoms with E-state index < -0.39 is 6.10 Å². The first-order valence-corrected chi connectivity index (χ1v) is 8.11. The van der Waals surface area contributed by atoms with Gasteiger partial charge in [0.15, 0.2) is 17.6 Å². The third-order valence-electron chi connectivity index (χ3n) is 4.27. The van der Waals surface area contributed by atoms with E-state index >= 15 is 0 Å². The number of carbonyl (C=O) groups excluding carboxylic acids is 1. The maximum atomic E-state index is 12.7. The average Bonchev–Trinajstić information content (AvgIpc) is 2.59. The number of carbonyl (C=O) groups is 1. The third-order valence-corrected chi connectivity index (χ3v) is 4.27. The van der Waals surface area contributed by atoms with Crippen molar-refractivity contribution in [1.82, 2.24) is 4.90 Å². The Morgan fingerprint density at radius 1 is 1.23 bits per heavy atom. The van der Waals surface area contributed by atoms with Crippen LogP contribution < -0.4 is 14.4 Å². The summed E-state index contributed by atoms with van der Waals surface area (Å²) < 4.78 is 11.2. The molecule has 1 heterocycles. The number of likely N-dealkylation sites (N-methyl/N-ethyl adjacent to an activating group) is 1. The Kier molecular flexibility index (Phi) is 6.07. The summed E-state index contributed by atoms with van der Waals surface area (Å²) >= 11 is 0. The molecule has 2 rings (SSSR count). The number of amides is 1. The van der Waals surface area contributed by atoms with Crippen molar-refractivity contribution >= 4 is 5.91 Å². The molecule has 0 radical (unpaired) electrons. The molecule has 1 fully saturated rings. The number of nitrogens with zero attached hydrogens (tertiary/aromatic N) is 1. The highest BCUT2D eigenvalue weighted by molar-refractivity contribution is 5.81. The number of methoxy groups -OCH3 is 1. The molecular weight excluding hydrogens is 280 g/mol. The standard InChI is InChI=1S/C17H26N2O3/c1-4-14(22-16-9-7-6-8-15(16)21-3)17(20)19-12-10-18(5-2)11-13-19/h6-9,14H,4-5,10-13H2,1-3H3/p+1/t14-/m0/s1. The van der Waals surface area contributed by atoms with E-state index in [0.717, 1.165) is 32.7 Å². The molecule has 1 atom stereocenters. The number of benzene rings is 1. The van der Waals surface area contributed by atoms with Crippen LogP contribution in [0.1, 0.15) is 20.3 Å². The summed E-state index contributed by atoms with van der Waals surface area (Å²) in [6, 6.07) is 7.46. The maximum Gasteiger partial charge on any atom is 0.264 e. The Labute approximate surface area is 132 Å². The van der Waals surface area contributed by atoms with Crippen molar-refractivity contribution in [3.05, 3.63) is 24.3 Å². The normalized spacial score (nSPS) is 17.1. The van der Waals surface area contributed by atoms with Gasteiger partial charge in [-0.1, -0.05) is 19.1 Å². The van der Waals surface area contributed by atoms with Crippen molar-refractivity contribution in [2.45, 2.75) is 26.4 Å². The fourth-order valence-corrected chi connectivity index (χ4v) is 2.78. The first-order valence-electron chi connectivity index (χ1n) is 8.11. The van der Waals surface area contributed by atoms with Crippen molar-refractivity contribution in [2.24, 2.45) is 0 Å². The zero-order valence-electron chi connectivity index (χ0n) is 13.8. The van der Waals surface area contributed by atoms with Crippen LogP contribution in [-0.4, -0.2) is 56.7 Å². The van der Waals surface area contributed by atoms with Crippen LogP contribution in [0.3, 0.4) is 0 Å². The summed E-state index contributed by atoms with van der Waals surface area (Å²) in [7, 11) is 1.61. The van der Waals surface area contributed by atoms with Gasteiger partial charge in [0.1, 0.15) is 0 Å². The van der Waals surface area contributed by atoms with E-state index in [0.29, 0.717) is 17.9 Å². The van der Waals surface area contributed by atoms with Gasteiger partial charge in [-0.25, -0.2) is 0 Å². The number of hydrogen-bond acceptors (Lipinski definition) is 3. The summed E-state index contributed by atoms with van der Waals surface area (Å²) in [5.74, 6) is 1.38. The van der Waals surface area contributed by atoms with Crippen molar-refractivity contribution in [3.63, 3.8) is 0 Å². The lowest BCUT2D eigenvalue weighted by Gasteiger charge is -2.33. The van der Waals surface area contributed by atoms with Crippen molar-refractivity contribution < 1.29 is 19.2 Å². The van der Waals surface area contributed by atoms with E-state index in [2.05, 4.69) is 6.92 Å². The summed E-state index contributed by atoms with van der Waals surface area (Å²) in [5, 5.41) is 0. The number of para-hydroxylation sites is 2. The average molecular weight is 307 g/mol. The molecule has 22 heavy (non-hydrogen) atoms. The molecule has 0 unspecified atom stereocenters. The SMILES string of the molecule is CC[C@H](Oc1ccccc1OC)C(=O)N1CC[NH+](CC)CC1. The van der Waals surface area contributed by atoms with Crippen LogP contribution in [-0.2, 0) is 4.79 Å². The lowest BCUT2D eigenvalue weighted by molar-refractivity contribution is -0.902. The molecule has 1 aliphatic heterocycles. The minimum atomic E-state index is -0.445. The van der Waals surface area contributed by atoms with Gasteiger partial charge < -0.3 is 19.3 Å². The molecule has 0 bridgehead atoms. The van der Waals surface area contributed by atoms with E-state index in [4.69, 9.17) is 9.47 Å². The van der Waals surface area contributed by atoms with E-state index in [9.17, 15) is 4.79 Å². The highest BCUT2D eigenvalue weighted by Crippen LogP contribution is 2.27. The molecule has 5 nitrogen and oxygen atoms in total. The van der Waals surface area contributed by atoms with Gasteiger partial charge in [0, 0.05) is 0 Å². The number of piperazine rings is 1. The van der Waals surface area contributed by atoms with E-state index in [1.165, 1.54) is 0 Å². The number of ether oxygens (including phenoxy) is 2. The van der Waals surface area contributed by atoms with Crippen molar-refractivity contribution in [2.75, 3.05) is 39.8 Å². The number of rotatable bonds is 6. The van der Waals surface area contributed by atoms with Crippen LogP contribution in [0.15, 0.2) is 24.3 Å². The molecule has 0 aliphatic carbocycles. The van der Waals surface area contributed by atoms with Gasteiger partial charge in [-0.05, 0) is 25.5 Å². The molecule has 1 N–H and O–H groups in total. The summed E-state index contributed by atoms with van der Waals surface area (Å²) in [6.45, 7) is 8.96. The Morgan fingerprint density at radius 3 is 2.41 bits per heavy atom. The highest BCUT2D eigenvalue weighted by atomic mass is 16.5. The fraction of sp³-hybridized carbons (Fsp3) is 0.588. The van der Waals surface area contributed by atoms with Crippen LogP contribution >= 0.6 is 0 Å². The Bertz CT molecular complexity index is 485. The molecule has 0 saturated carbocycles. The summed E-state index contributed by atoms with van der Waals surface area (Å²) in [6.07, 6.45) is 0.206. The monoisotopic (exact) mass is 307 g/mol. The third kappa shape index (κ3) is 3.91. The van der Waals surface area contributed by atoms with Gasteiger partial charge in [0.25, 0.3) is 5.91 Å². The number of hydrogen-bond donors (Lipinski definition) is 1. The smallest absolute Gasteiger partial charge is 0.264 e. The van der Waals surface area contributed by atoms with E-state index in [1.807, 2.05) is 36.1 Å². The predicted octanol–water partition coefficient (Wildman–Crippen LogP) is 0.600. The maximum absolute atomic E-state index is 12.7. The zero-order chi connectivity index (χ0) is 15.9. The van der Waals surface area contributed by atoms with E-state index in [1.54, 1.807) is 12.0 Å². The largest absolute Gasteiger partial charge is 0.493 e. The molecule has 0 spiro atoms. The molecule has 122 valence electrons. The van der Waals surface area contributed by atoms with Gasteiger partial charge in [0.05, 0.1) is 39.8 Å². The molecule has 1 aromatic carbocycles. The van der Waals surface area contributed by atoms with Gasteiger partial charge in [-0.2, -0.15) is 0 Å². The van der Waals surface area contributed by atoms with Gasteiger partial charge in [-0.3, -0.25) is 4.79 Å². The molecule has 1 aliphatic rings. The second kappa shape index (κ2) is 8.03. The first-order chi connectivity index (χ1) is 10.7. The fourth-order valence-electron chi connectivity index (χ4n) is 2.78. The van der Waals surface area contributed by atoms with Crippen LogP contribution in [0.2, 0.25) is 0 Å². The minimum Gasteiger partial charge on any atom is -0.493 e. The lowest BCUT2D eigenvalue weighted by atomic mass is 10.2. The Hall–Kier alpha value is -1.75. The van der Waals surface area contributed by atoms with Gasteiger partial charge in [-0.15, -0.1) is 0 Å². The quantitative estimate of drug-likeness (QED) is 0.837. The summed E-state index contributed by atoms with van der Waals surface area (Å²) in [5.41, 5.74) is 0. The topological polar surface area (TPSA) is 43.2 Å². The molecule has 5 heteroatoms. The van der Waals surface area contributed by atoms with Crippen LogP contribution in [0.4, 0.5) is 0 Å². The minimum absolute atomic E-state index is 0.0866. The molecule has 1 amide bonds. The molecule has 1 aromatic rings. The van der Waals surface area contributed by atoms with Crippen molar-refractivity contribution in [1.29, 1.82) is 0 Å². The van der Waals surface area contributed by atoms with Crippen LogP contribution in [0.5, 0.6) is 11.5 Å². The van der Waals surface area contributed by atoms with Gasteiger partial charge >= 0.3 is 0 Å². The van der Waals surface area contributed by atoms with Crippen LogP contribution in [0.25, 0.3) is 0 Å². The van der Waals surface area contributed by atoms with Gasteiger partial charge in [0.2, 0.25) is 0 Å². The first kappa shape index (κ1) is 16.6. The van der Waals surface area contributed by atoms with Crippen LogP contribution in [0, 0.1) is 0 Å². The Balaban J connectivity index is 2.00. The summed E-state index contributed by atoms with van der Waals surface area (Å²) in [4.78, 5) is 16.2. The number of nitrogens with one attached hydrogen (secondary N) is 1. The van der Waals surface area contributed by atoms with Crippen molar-refractivity contribution in [3.8, 4) is 11.5 Å². The lowest BCUT2D eigenvalue weighted by Crippen LogP contribution is -3.14. The number of quaternary nitrogens is 1. The Morgan fingerprint density at radius 2 is 1.86 bits per heavy atom. The molecule has 0 aromatic heterocycles. The second-order valence-corrected chi connectivity index (χ2v) is 5.59. The highest BCUT2D eigenvalue weighted by Gasteiger charge is 2.29. The predicted molar refractivity (Wildman–Crippen MR) is 85.5 cm³/mol. The second-order valence-electron chi connectivity index (χ2n) is 5.59. The molecule has 1 saturated heterocycles.